The van der Waals surface area contributed by atoms with Gasteiger partial charge in [0, 0.05) is 12.7 Å². The van der Waals surface area contributed by atoms with E-state index in [9.17, 15) is 14.4 Å². The van der Waals surface area contributed by atoms with Gasteiger partial charge in [-0.1, -0.05) is 23.9 Å². The summed E-state index contributed by atoms with van der Waals surface area (Å²) in [6.45, 7) is 5.19. The molecule has 0 bridgehead atoms. The molecular formula is C20H21N3O4S. The lowest BCUT2D eigenvalue weighted by Gasteiger charge is -2.13. The van der Waals surface area contributed by atoms with Gasteiger partial charge in [-0.15, -0.1) is 0 Å². The summed E-state index contributed by atoms with van der Waals surface area (Å²) in [5.74, 6) is -0.660. The molecule has 0 spiro atoms. The summed E-state index contributed by atoms with van der Waals surface area (Å²) in [4.78, 5) is 45.0. The Hall–Kier alpha value is -2.87. The van der Waals surface area contributed by atoms with Gasteiger partial charge in [-0.05, 0) is 38.5 Å². The summed E-state index contributed by atoms with van der Waals surface area (Å²) >= 11 is 1.21. The van der Waals surface area contributed by atoms with Gasteiger partial charge in [0.1, 0.15) is 0 Å². The Kier molecular flexibility index (Phi) is 5.42. The summed E-state index contributed by atoms with van der Waals surface area (Å²) in [5, 5.41) is 0.479. The normalized spacial score (nSPS) is 12.2. The fourth-order valence-corrected chi connectivity index (χ4v) is 4.06. The highest BCUT2D eigenvalue weighted by atomic mass is 32.2. The number of nitrogens with zero attached hydrogens (tertiary/aromatic N) is 2. The number of Topliss-reactive ketones (excluding diaryl/α,β-unsaturated/α-hetero) is 1. The van der Waals surface area contributed by atoms with Crippen LogP contribution in [0, 0.1) is 13.8 Å². The van der Waals surface area contributed by atoms with Crippen LogP contribution in [0.4, 0.5) is 0 Å². The van der Waals surface area contributed by atoms with Crippen LogP contribution in [0.25, 0.3) is 10.9 Å². The Balaban J connectivity index is 1.94. The number of carbonyl (C=O) groups is 2. The van der Waals surface area contributed by atoms with Gasteiger partial charge in [-0.2, -0.15) is 0 Å². The van der Waals surface area contributed by atoms with Crippen molar-refractivity contribution >= 4 is 34.4 Å². The molecule has 1 unspecified atom stereocenters. The van der Waals surface area contributed by atoms with E-state index in [1.807, 2.05) is 6.07 Å². The second kappa shape index (κ2) is 7.63. The summed E-state index contributed by atoms with van der Waals surface area (Å²) in [7, 11) is 2.95. The maximum Gasteiger partial charge on any atom is 0.339 e. The highest BCUT2D eigenvalue weighted by Gasteiger charge is 2.26. The fraction of sp³-hybridized carbons (Fsp3) is 0.300. The standard InChI is InChI=1S/C20H21N3O4S/c1-10-15(19(26)27-5)11(2)21-16(10)17(24)12(3)28-20-22-14-9-7-6-8-13(14)18(25)23(20)4/h6-9,12,21H,1-5H3. The minimum absolute atomic E-state index is 0.160. The highest BCUT2D eigenvalue weighted by Crippen LogP contribution is 2.27. The Morgan fingerprint density at radius 1 is 1.25 bits per heavy atom. The first kappa shape index (κ1) is 19.9. The van der Waals surface area contributed by atoms with E-state index in [1.165, 1.54) is 23.4 Å². The van der Waals surface area contributed by atoms with Gasteiger partial charge in [0.25, 0.3) is 5.56 Å². The second-order valence-corrected chi connectivity index (χ2v) is 7.82. The number of H-pyrrole nitrogens is 1. The molecule has 0 aliphatic rings. The van der Waals surface area contributed by atoms with Crippen LogP contribution in [-0.4, -0.2) is 38.6 Å². The second-order valence-electron chi connectivity index (χ2n) is 6.52. The van der Waals surface area contributed by atoms with Gasteiger partial charge < -0.3 is 9.72 Å². The fourth-order valence-electron chi connectivity index (χ4n) is 3.12. The molecule has 1 aromatic carbocycles. The van der Waals surface area contributed by atoms with E-state index in [4.69, 9.17) is 4.74 Å². The van der Waals surface area contributed by atoms with Crippen LogP contribution in [0.15, 0.2) is 34.2 Å². The maximum absolute atomic E-state index is 13.0. The Bertz CT molecular complexity index is 1150. The highest BCUT2D eigenvalue weighted by molar-refractivity contribution is 8.00. The number of aromatic amines is 1. The molecule has 0 saturated heterocycles. The number of esters is 1. The molecule has 146 valence electrons. The predicted molar refractivity (Wildman–Crippen MR) is 108 cm³/mol. The smallest absolute Gasteiger partial charge is 0.339 e. The van der Waals surface area contributed by atoms with E-state index in [0.29, 0.717) is 38.6 Å². The molecule has 0 aliphatic carbocycles. The molecule has 3 aromatic rings. The van der Waals surface area contributed by atoms with Crippen molar-refractivity contribution < 1.29 is 14.3 Å². The number of methoxy groups -OCH3 is 1. The zero-order valence-electron chi connectivity index (χ0n) is 16.3. The van der Waals surface area contributed by atoms with Crippen molar-refractivity contribution in [3.05, 3.63) is 57.1 Å². The zero-order chi connectivity index (χ0) is 20.6. The number of ketones is 1. The number of nitrogens with one attached hydrogen (secondary N) is 1. The van der Waals surface area contributed by atoms with Crippen molar-refractivity contribution in [2.75, 3.05) is 7.11 Å². The molecule has 7 nitrogen and oxygen atoms in total. The number of hydrogen-bond donors (Lipinski definition) is 1. The van der Waals surface area contributed by atoms with Crippen LogP contribution >= 0.6 is 11.8 Å². The molecular weight excluding hydrogens is 378 g/mol. The number of para-hydroxylation sites is 1. The van der Waals surface area contributed by atoms with Crippen LogP contribution in [0.5, 0.6) is 0 Å². The lowest BCUT2D eigenvalue weighted by Crippen LogP contribution is -2.22. The molecule has 0 saturated carbocycles. The molecule has 8 heteroatoms. The van der Waals surface area contributed by atoms with Crippen LogP contribution in [-0.2, 0) is 11.8 Å². The molecule has 1 N–H and O–H groups in total. The Morgan fingerprint density at radius 2 is 1.93 bits per heavy atom. The lowest BCUT2D eigenvalue weighted by molar-refractivity contribution is 0.0599. The Morgan fingerprint density at radius 3 is 2.61 bits per heavy atom. The maximum atomic E-state index is 13.0. The van der Waals surface area contributed by atoms with Crippen LogP contribution in [0.1, 0.15) is 39.0 Å². The monoisotopic (exact) mass is 399 g/mol. The third-order valence-electron chi connectivity index (χ3n) is 4.67. The summed E-state index contributed by atoms with van der Waals surface area (Å²) in [6, 6.07) is 7.11. The minimum Gasteiger partial charge on any atom is -0.465 e. The zero-order valence-corrected chi connectivity index (χ0v) is 17.1. The van der Waals surface area contributed by atoms with E-state index in [1.54, 1.807) is 46.0 Å². The first-order valence-corrected chi connectivity index (χ1v) is 9.58. The van der Waals surface area contributed by atoms with Crippen molar-refractivity contribution in [3.8, 4) is 0 Å². The van der Waals surface area contributed by atoms with E-state index in [2.05, 4.69) is 9.97 Å². The quantitative estimate of drug-likeness (QED) is 0.307. The van der Waals surface area contributed by atoms with Crippen molar-refractivity contribution in [2.24, 2.45) is 7.05 Å². The van der Waals surface area contributed by atoms with Crippen LogP contribution in [0.2, 0.25) is 0 Å². The summed E-state index contributed by atoms with van der Waals surface area (Å²) in [5.41, 5.74) is 2.31. The number of thioether (sulfide) groups is 1. The number of ether oxygens (including phenoxy) is 1. The number of aryl methyl sites for hydroxylation is 1. The van der Waals surface area contributed by atoms with Crippen molar-refractivity contribution in [2.45, 2.75) is 31.2 Å². The molecule has 0 amide bonds. The van der Waals surface area contributed by atoms with Gasteiger partial charge in [-0.25, -0.2) is 9.78 Å². The first-order valence-electron chi connectivity index (χ1n) is 8.70. The minimum atomic E-state index is -0.512. The number of aromatic nitrogens is 3. The molecule has 3 rings (SSSR count). The first-order chi connectivity index (χ1) is 13.3. The molecule has 2 aromatic heterocycles. The third-order valence-corrected chi connectivity index (χ3v) is 5.81. The third kappa shape index (κ3) is 3.35. The van der Waals surface area contributed by atoms with Crippen molar-refractivity contribution in [3.63, 3.8) is 0 Å². The molecule has 0 aliphatic heterocycles. The molecule has 2 heterocycles. The van der Waals surface area contributed by atoms with Crippen LogP contribution < -0.4 is 5.56 Å². The lowest BCUT2D eigenvalue weighted by atomic mass is 10.1. The van der Waals surface area contributed by atoms with Gasteiger partial charge in [0.15, 0.2) is 10.9 Å². The number of fused-ring (bicyclic) bond motifs is 1. The summed E-state index contributed by atoms with van der Waals surface area (Å²) < 4.78 is 6.24. The van der Waals surface area contributed by atoms with Gasteiger partial charge in [-0.3, -0.25) is 14.2 Å². The SMILES string of the molecule is COC(=O)c1c(C)[nH]c(C(=O)C(C)Sc2nc3ccccc3c(=O)n2C)c1C. The van der Waals surface area contributed by atoms with Gasteiger partial charge in [0.05, 0.1) is 34.5 Å². The topological polar surface area (TPSA) is 94.1 Å². The average Bonchev–Trinajstić information content (AvgIpc) is 2.98. The molecule has 0 fully saturated rings. The molecule has 0 radical (unpaired) electrons. The summed E-state index contributed by atoms with van der Waals surface area (Å²) in [6.07, 6.45) is 0. The average molecular weight is 399 g/mol. The van der Waals surface area contributed by atoms with E-state index >= 15 is 0 Å². The van der Waals surface area contributed by atoms with E-state index in [-0.39, 0.29) is 11.3 Å². The predicted octanol–water partition coefficient (Wildman–Crippen LogP) is 3.03. The van der Waals surface area contributed by atoms with Crippen molar-refractivity contribution in [1.82, 2.24) is 14.5 Å². The largest absolute Gasteiger partial charge is 0.465 e. The number of carbonyl (C=O) groups excluding carboxylic acids is 2. The van der Waals surface area contributed by atoms with Gasteiger partial charge in [0.2, 0.25) is 0 Å². The number of rotatable bonds is 5. The molecule has 1 atom stereocenters. The Labute approximate surface area is 166 Å². The number of benzene rings is 1. The van der Waals surface area contributed by atoms with Crippen LogP contribution in [0.3, 0.4) is 0 Å². The molecule has 28 heavy (non-hydrogen) atoms. The number of hydrogen-bond acceptors (Lipinski definition) is 6. The van der Waals surface area contributed by atoms with E-state index in [0.717, 1.165) is 0 Å². The van der Waals surface area contributed by atoms with Crippen molar-refractivity contribution in [1.29, 1.82) is 0 Å². The van der Waals surface area contributed by atoms with E-state index < -0.39 is 11.2 Å². The van der Waals surface area contributed by atoms with Gasteiger partial charge >= 0.3 is 5.97 Å².